The van der Waals surface area contributed by atoms with Crippen molar-refractivity contribution in [2.24, 2.45) is 0 Å². The fourth-order valence-corrected chi connectivity index (χ4v) is 3.77. The third-order valence-electron chi connectivity index (χ3n) is 3.94. The zero-order chi connectivity index (χ0) is 16.4. The number of morpholine rings is 1. The molecule has 1 fully saturated rings. The first-order valence-electron chi connectivity index (χ1n) is 7.74. The molecule has 23 heavy (non-hydrogen) atoms. The summed E-state index contributed by atoms with van der Waals surface area (Å²) in [6.45, 7) is 5.32. The highest BCUT2D eigenvalue weighted by Gasteiger charge is 2.27. The lowest BCUT2D eigenvalue weighted by molar-refractivity contribution is -0.0585. The molecule has 2 unspecified atom stereocenters. The number of ether oxygens (including phenoxy) is 2. The van der Waals surface area contributed by atoms with Crippen LogP contribution < -0.4 is 4.74 Å². The third-order valence-corrected chi connectivity index (χ3v) is 4.86. The molecular formula is C18H21NO3S. The maximum atomic E-state index is 12.7. The molecule has 0 spiro atoms. The SMILES string of the molecule is COc1ccc(-c2csc(C(=O)N3CC(C)OC(C)C3)c2)cc1. The summed E-state index contributed by atoms with van der Waals surface area (Å²) in [5.41, 5.74) is 2.15. The summed E-state index contributed by atoms with van der Waals surface area (Å²) in [7, 11) is 1.65. The lowest BCUT2D eigenvalue weighted by Crippen LogP contribution is -2.48. The van der Waals surface area contributed by atoms with Gasteiger partial charge in [0.2, 0.25) is 0 Å². The monoisotopic (exact) mass is 331 g/mol. The first kappa shape index (κ1) is 16.0. The number of carbonyl (C=O) groups excluding carboxylic acids is 1. The molecule has 122 valence electrons. The quantitative estimate of drug-likeness (QED) is 0.861. The Bertz CT molecular complexity index is 670. The highest BCUT2D eigenvalue weighted by atomic mass is 32.1. The predicted octanol–water partition coefficient (Wildman–Crippen LogP) is 3.67. The van der Waals surface area contributed by atoms with E-state index in [1.807, 2.05) is 54.5 Å². The van der Waals surface area contributed by atoms with Crippen LogP contribution >= 0.6 is 11.3 Å². The summed E-state index contributed by atoms with van der Waals surface area (Å²) < 4.78 is 10.9. The highest BCUT2D eigenvalue weighted by Crippen LogP contribution is 2.28. The molecule has 0 radical (unpaired) electrons. The summed E-state index contributed by atoms with van der Waals surface area (Å²) in [6, 6.07) is 9.85. The topological polar surface area (TPSA) is 38.8 Å². The minimum atomic E-state index is 0.0868. The van der Waals surface area contributed by atoms with Gasteiger partial charge >= 0.3 is 0 Å². The van der Waals surface area contributed by atoms with Gasteiger partial charge in [0.25, 0.3) is 5.91 Å². The Hall–Kier alpha value is -1.85. The van der Waals surface area contributed by atoms with Crippen molar-refractivity contribution in [3.63, 3.8) is 0 Å². The van der Waals surface area contributed by atoms with Crippen LogP contribution in [-0.2, 0) is 4.74 Å². The van der Waals surface area contributed by atoms with E-state index in [9.17, 15) is 4.79 Å². The number of benzene rings is 1. The second-order valence-electron chi connectivity index (χ2n) is 5.90. The number of methoxy groups -OCH3 is 1. The number of hydrogen-bond acceptors (Lipinski definition) is 4. The molecule has 2 aromatic rings. The molecule has 5 heteroatoms. The Morgan fingerprint density at radius 3 is 2.43 bits per heavy atom. The summed E-state index contributed by atoms with van der Waals surface area (Å²) >= 11 is 1.50. The van der Waals surface area contributed by atoms with Crippen molar-refractivity contribution < 1.29 is 14.3 Å². The van der Waals surface area contributed by atoms with Gasteiger partial charge in [0, 0.05) is 13.1 Å². The van der Waals surface area contributed by atoms with Gasteiger partial charge in [-0.25, -0.2) is 0 Å². The average Bonchev–Trinajstić information content (AvgIpc) is 3.03. The van der Waals surface area contributed by atoms with Gasteiger partial charge in [-0.3, -0.25) is 4.79 Å². The number of thiophene rings is 1. The van der Waals surface area contributed by atoms with Crippen LogP contribution in [0.3, 0.4) is 0 Å². The fraction of sp³-hybridized carbons (Fsp3) is 0.389. The van der Waals surface area contributed by atoms with Crippen molar-refractivity contribution in [3.05, 3.63) is 40.6 Å². The van der Waals surface area contributed by atoms with E-state index >= 15 is 0 Å². The Kier molecular flexibility index (Phi) is 4.68. The van der Waals surface area contributed by atoms with Crippen molar-refractivity contribution in [2.45, 2.75) is 26.1 Å². The maximum Gasteiger partial charge on any atom is 0.264 e. The zero-order valence-corrected chi connectivity index (χ0v) is 14.4. The molecule has 4 nitrogen and oxygen atoms in total. The second kappa shape index (κ2) is 6.72. The van der Waals surface area contributed by atoms with Crippen molar-refractivity contribution in [3.8, 4) is 16.9 Å². The number of amides is 1. The van der Waals surface area contributed by atoms with Gasteiger partial charge in [-0.05, 0) is 48.6 Å². The van der Waals surface area contributed by atoms with Gasteiger partial charge in [-0.2, -0.15) is 0 Å². The van der Waals surface area contributed by atoms with Crippen LogP contribution in [0.4, 0.5) is 0 Å². The largest absolute Gasteiger partial charge is 0.497 e. The van der Waals surface area contributed by atoms with Crippen molar-refractivity contribution >= 4 is 17.2 Å². The van der Waals surface area contributed by atoms with Crippen molar-refractivity contribution in [1.29, 1.82) is 0 Å². The van der Waals surface area contributed by atoms with E-state index in [1.165, 1.54) is 11.3 Å². The van der Waals surface area contributed by atoms with Crippen molar-refractivity contribution in [1.82, 2.24) is 4.90 Å². The average molecular weight is 331 g/mol. The zero-order valence-electron chi connectivity index (χ0n) is 13.6. The summed E-state index contributed by atoms with van der Waals surface area (Å²) in [4.78, 5) is 15.4. The van der Waals surface area contributed by atoms with Crippen LogP contribution in [0.15, 0.2) is 35.7 Å². The molecule has 1 saturated heterocycles. The maximum absolute atomic E-state index is 12.7. The number of carbonyl (C=O) groups is 1. The minimum Gasteiger partial charge on any atom is -0.497 e. The predicted molar refractivity (Wildman–Crippen MR) is 92.2 cm³/mol. The first-order chi connectivity index (χ1) is 11.1. The van der Waals surface area contributed by atoms with Crippen LogP contribution in [0.1, 0.15) is 23.5 Å². The van der Waals surface area contributed by atoms with E-state index < -0.39 is 0 Å². The van der Waals surface area contributed by atoms with E-state index in [2.05, 4.69) is 0 Å². The second-order valence-corrected chi connectivity index (χ2v) is 6.81. The van der Waals surface area contributed by atoms with E-state index in [0.29, 0.717) is 13.1 Å². The smallest absolute Gasteiger partial charge is 0.264 e. The molecule has 1 aliphatic heterocycles. The van der Waals surface area contributed by atoms with Crippen LogP contribution in [0, 0.1) is 0 Å². The summed E-state index contributed by atoms with van der Waals surface area (Å²) in [6.07, 6.45) is 0.174. The molecule has 1 aromatic heterocycles. The lowest BCUT2D eigenvalue weighted by Gasteiger charge is -2.35. The first-order valence-corrected chi connectivity index (χ1v) is 8.62. The molecule has 0 bridgehead atoms. The van der Waals surface area contributed by atoms with Gasteiger partial charge in [0.1, 0.15) is 5.75 Å². The highest BCUT2D eigenvalue weighted by molar-refractivity contribution is 7.12. The van der Waals surface area contributed by atoms with Gasteiger partial charge in [-0.1, -0.05) is 12.1 Å². The Morgan fingerprint density at radius 1 is 1.17 bits per heavy atom. The molecule has 1 aliphatic rings. The Balaban J connectivity index is 1.76. The number of hydrogen-bond donors (Lipinski definition) is 0. The van der Waals surface area contributed by atoms with E-state index in [1.54, 1.807) is 7.11 Å². The van der Waals surface area contributed by atoms with E-state index in [-0.39, 0.29) is 18.1 Å². The van der Waals surface area contributed by atoms with Crippen molar-refractivity contribution in [2.75, 3.05) is 20.2 Å². The molecule has 1 amide bonds. The molecule has 0 saturated carbocycles. The molecule has 2 atom stereocenters. The Morgan fingerprint density at radius 2 is 1.83 bits per heavy atom. The lowest BCUT2D eigenvalue weighted by atomic mass is 10.1. The van der Waals surface area contributed by atoms with Gasteiger partial charge in [0.05, 0.1) is 24.2 Å². The molecule has 2 heterocycles. The molecule has 0 aliphatic carbocycles. The molecular weight excluding hydrogens is 310 g/mol. The summed E-state index contributed by atoms with van der Waals surface area (Å²) in [5, 5.41) is 2.03. The standard InChI is InChI=1S/C18H21NO3S/c1-12-9-19(10-13(2)22-12)18(20)17-8-15(11-23-17)14-4-6-16(21-3)7-5-14/h4-8,11-13H,9-10H2,1-3H3. The fourth-order valence-electron chi connectivity index (χ4n) is 2.88. The summed E-state index contributed by atoms with van der Waals surface area (Å²) in [5.74, 6) is 0.924. The van der Waals surface area contributed by atoms with E-state index in [4.69, 9.17) is 9.47 Å². The number of nitrogens with zero attached hydrogens (tertiary/aromatic N) is 1. The molecule has 3 rings (SSSR count). The molecule has 1 aromatic carbocycles. The third kappa shape index (κ3) is 3.57. The van der Waals surface area contributed by atoms with Gasteiger partial charge < -0.3 is 14.4 Å². The minimum absolute atomic E-state index is 0.0868. The molecule has 0 N–H and O–H groups in total. The van der Waals surface area contributed by atoms with Crippen LogP contribution in [-0.4, -0.2) is 43.2 Å². The number of rotatable bonds is 3. The van der Waals surface area contributed by atoms with Crippen LogP contribution in [0.2, 0.25) is 0 Å². The normalized spacial score (nSPS) is 21.3. The van der Waals surface area contributed by atoms with Gasteiger partial charge in [0.15, 0.2) is 0 Å². The van der Waals surface area contributed by atoms with E-state index in [0.717, 1.165) is 21.8 Å². The Labute approximate surface area is 140 Å². The van der Waals surface area contributed by atoms with Crippen LogP contribution in [0.5, 0.6) is 5.75 Å². The van der Waals surface area contributed by atoms with Gasteiger partial charge in [-0.15, -0.1) is 11.3 Å². The van der Waals surface area contributed by atoms with Crippen LogP contribution in [0.25, 0.3) is 11.1 Å².